The molecule has 3 aromatic rings. The zero-order chi connectivity index (χ0) is 23.8. The molecule has 0 radical (unpaired) electrons. The first-order valence-electron chi connectivity index (χ1n) is 11.3. The summed E-state index contributed by atoms with van der Waals surface area (Å²) in [6.07, 6.45) is 1.59. The summed E-state index contributed by atoms with van der Waals surface area (Å²) in [7, 11) is 3.71. The SMILES string of the molecule is CCCc1c(OCC)ccc2cc(C(=O)Nc3ccc(CN(C)CCOC)cc3)c(=O)oc12. The quantitative estimate of drug-likeness (QED) is 0.432. The van der Waals surface area contributed by atoms with Gasteiger partial charge in [0.25, 0.3) is 5.91 Å². The van der Waals surface area contributed by atoms with Crippen LogP contribution < -0.4 is 15.7 Å². The van der Waals surface area contributed by atoms with Crippen molar-refractivity contribution in [1.29, 1.82) is 0 Å². The van der Waals surface area contributed by atoms with Gasteiger partial charge in [-0.05, 0) is 56.3 Å². The Labute approximate surface area is 194 Å². The molecule has 0 unspecified atom stereocenters. The highest BCUT2D eigenvalue weighted by molar-refractivity contribution is 6.05. The molecule has 176 valence electrons. The molecule has 7 heteroatoms. The minimum Gasteiger partial charge on any atom is -0.493 e. The van der Waals surface area contributed by atoms with Crippen LogP contribution in [0, 0.1) is 0 Å². The number of ether oxygens (including phenoxy) is 2. The molecule has 0 spiro atoms. The van der Waals surface area contributed by atoms with Crippen molar-refractivity contribution in [2.24, 2.45) is 0 Å². The molecule has 0 aliphatic carbocycles. The van der Waals surface area contributed by atoms with Gasteiger partial charge in [-0.15, -0.1) is 0 Å². The fourth-order valence-corrected chi connectivity index (χ4v) is 3.69. The van der Waals surface area contributed by atoms with Crippen LogP contribution in [0.2, 0.25) is 0 Å². The Balaban J connectivity index is 1.79. The van der Waals surface area contributed by atoms with Gasteiger partial charge in [0.15, 0.2) is 0 Å². The maximum atomic E-state index is 12.8. The smallest absolute Gasteiger partial charge is 0.349 e. The summed E-state index contributed by atoms with van der Waals surface area (Å²) in [4.78, 5) is 27.6. The van der Waals surface area contributed by atoms with Crippen LogP contribution in [0.3, 0.4) is 0 Å². The van der Waals surface area contributed by atoms with E-state index in [1.54, 1.807) is 13.2 Å². The summed E-state index contributed by atoms with van der Waals surface area (Å²) in [6, 6.07) is 12.8. The molecule has 0 saturated carbocycles. The van der Waals surface area contributed by atoms with E-state index in [0.717, 1.165) is 30.6 Å². The van der Waals surface area contributed by atoms with Crippen LogP contribution in [-0.2, 0) is 17.7 Å². The summed E-state index contributed by atoms with van der Waals surface area (Å²) >= 11 is 0. The zero-order valence-corrected chi connectivity index (χ0v) is 19.8. The fourth-order valence-electron chi connectivity index (χ4n) is 3.69. The Morgan fingerprint density at radius 3 is 2.55 bits per heavy atom. The normalized spacial score (nSPS) is 11.2. The van der Waals surface area contributed by atoms with E-state index in [0.29, 0.717) is 42.0 Å². The van der Waals surface area contributed by atoms with Gasteiger partial charge in [-0.1, -0.05) is 25.5 Å². The number of hydrogen-bond donors (Lipinski definition) is 1. The lowest BCUT2D eigenvalue weighted by Crippen LogP contribution is -2.22. The monoisotopic (exact) mass is 452 g/mol. The van der Waals surface area contributed by atoms with Gasteiger partial charge in [-0.3, -0.25) is 9.69 Å². The number of methoxy groups -OCH3 is 1. The second kappa shape index (κ2) is 11.6. The van der Waals surface area contributed by atoms with E-state index in [9.17, 15) is 9.59 Å². The maximum absolute atomic E-state index is 12.8. The van der Waals surface area contributed by atoms with E-state index in [1.807, 2.05) is 50.4 Å². The lowest BCUT2D eigenvalue weighted by Gasteiger charge is -2.16. The predicted octanol–water partition coefficient (Wildman–Crippen LogP) is 4.47. The number of anilines is 1. The number of aryl methyl sites for hydroxylation is 1. The first-order valence-corrected chi connectivity index (χ1v) is 11.3. The van der Waals surface area contributed by atoms with Crippen LogP contribution >= 0.6 is 0 Å². The topological polar surface area (TPSA) is 81.0 Å². The molecule has 33 heavy (non-hydrogen) atoms. The number of fused-ring (bicyclic) bond motifs is 1. The maximum Gasteiger partial charge on any atom is 0.349 e. The Hall–Kier alpha value is -3.16. The van der Waals surface area contributed by atoms with Crippen molar-refractivity contribution >= 4 is 22.6 Å². The minimum absolute atomic E-state index is 0.0301. The van der Waals surface area contributed by atoms with Gasteiger partial charge in [-0.2, -0.15) is 0 Å². The number of amides is 1. The van der Waals surface area contributed by atoms with Crippen molar-refractivity contribution < 1.29 is 18.7 Å². The first-order chi connectivity index (χ1) is 16.0. The van der Waals surface area contributed by atoms with Crippen molar-refractivity contribution in [3.8, 4) is 5.75 Å². The van der Waals surface area contributed by atoms with Crippen molar-refractivity contribution in [2.45, 2.75) is 33.2 Å². The number of benzene rings is 2. The van der Waals surface area contributed by atoms with Crippen LogP contribution in [0.4, 0.5) is 5.69 Å². The molecule has 3 rings (SSSR count). The molecular formula is C26H32N2O5. The molecule has 0 fully saturated rings. The summed E-state index contributed by atoms with van der Waals surface area (Å²) in [5.74, 6) is 0.210. The second-order valence-electron chi connectivity index (χ2n) is 7.97. The van der Waals surface area contributed by atoms with Crippen molar-refractivity contribution in [1.82, 2.24) is 4.90 Å². The van der Waals surface area contributed by atoms with E-state index in [4.69, 9.17) is 13.9 Å². The third-order valence-corrected chi connectivity index (χ3v) is 5.35. The molecule has 0 aliphatic heterocycles. The lowest BCUT2D eigenvalue weighted by atomic mass is 10.0. The highest BCUT2D eigenvalue weighted by atomic mass is 16.5. The van der Waals surface area contributed by atoms with Gasteiger partial charge in [-0.25, -0.2) is 4.79 Å². The number of nitrogens with zero attached hydrogens (tertiary/aromatic N) is 1. The number of nitrogens with one attached hydrogen (secondary N) is 1. The Kier molecular flexibility index (Phi) is 8.63. The van der Waals surface area contributed by atoms with Crippen molar-refractivity contribution in [3.05, 3.63) is 69.6 Å². The second-order valence-corrected chi connectivity index (χ2v) is 7.97. The molecule has 1 N–H and O–H groups in total. The minimum atomic E-state index is -0.664. The van der Waals surface area contributed by atoms with Gasteiger partial charge >= 0.3 is 5.63 Å². The third kappa shape index (κ3) is 6.21. The average molecular weight is 453 g/mol. The van der Waals surface area contributed by atoms with Gasteiger partial charge < -0.3 is 19.2 Å². The Bertz CT molecular complexity index is 1140. The zero-order valence-electron chi connectivity index (χ0n) is 19.8. The molecule has 0 atom stereocenters. The van der Waals surface area contributed by atoms with E-state index < -0.39 is 11.5 Å². The summed E-state index contributed by atoms with van der Waals surface area (Å²) in [5.41, 5.74) is 2.37. The first kappa shape index (κ1) is 24.5. The third-order valence-electron chi connectivity index (χ3n) is 5.35. The molecule has 1 aromatic heterocycles. The molecule has 2 aromatic carbocycles. The van der Waals surface area contributed by atoms with E-state index in [1.165, 1.54) is 0 Å². The van der Waals surface area contributed by atoms with Crippen molar-refractivity contribution in [2.75, 3.05) is 39.2 Å². The van der Waals surface area contributed by atoms with Crippen LogP contribution in [0.5, 0.6) is 5.75 Å². The van der Waals surface area contributed by atoms with E-state index in [2.05, 4.69) is 17.1 Å². The highest BCUT2D eigenvalue weighted by Gasteiger charge is 2.17. The lowest BCUT2D eigenvalue weighted by molar-refractivity contribution is 0.102. The molecule has 1 heterocycles. The largest absolute Gasteiger partial charge is 0.493 e. The molecule has 1 amide bonds. The fraction of sp³-hybridized carbons (Fsp3) is 0.385. The molecule has 7 nitrogen and oxygen atoms in total. The Morgan fingerprint density at radius 2 is 1.88 bits per heavy atom. The van der Waals surface area contributed by atoms with Crippen LogP contribution in [0.1, 0.15) is 41.8 Å². The van der Waals surface area contributed by atoms with Gasteiger partial charge in [0.2, 0.25) is 0 Å². The van der Waals surface area contributed by atoms with Gasteiger partial charge in [0, 0.05) is 36.8 Å². The van der Waals surface area contributed by atoms with Gasteiger partial charge in [0.05, 0.1) is 13.2 Å². The average Bonchev–Trinajstić information content (AvgIpc) is 2.80. The number of hydrogen-bond acceptors (Lipinski definition) is 6. The van der Waals surface area contributed by atoms with E-state index >= 15 is 0 Å². The van der Waals surface area contributed by atoms with Crippen LogP contribution in [0.25, 0.3) is 11.0 Å². The standard InChI is InChI=1S/C26H32N2O5/c1-5-7-21-23(32-6-2)13-10-19-16-22(26(30)33-24(19)21)25(29)27-20-11-8-18(9-12-20)17-28(3)14-15-31-4/h8-13,16H,5-7,14-15,17H2,1-4H3,(H,27,29). The number of carbonyl (C=O) groups excluding carboxylic acids is 1. The predicted molar refractivity (Wildman–Crippen MR) is 130 cm³/mol. The molecular weight excluding hydrogens is 420 g/mol. The number of carbonyl (C=O) groups is 1. The van der Waals surface area contributed by atoms with Crippen LogP contribution in [-0.4, -0.2) is 44.7 Å². The molecule has 0 aliphatic rings. The highest BCUT2D eigenvalue weighted by Crippen LogP contribution is 2.29. The summed E-state index contributed by atoms with van der Waals surface area (Å²) in [5, 5.41) is 3.49. The number of rotatable bonds is 11. The number of likely N-dealkylation sites (N-methyl/N-ethyl adjacent to an activating group) is 1. The van der Waals surface area contributed by atoms with E-state index in [-0.39, 0.29) is 5.56 Å². The Morgan fingerprint density at radius 1 is 1.12 bits per heavy atom. The van der Waals surface area contributed by atoms with Crippen LogP contribution in [0.15, 0.2) is 51.7 Å². The van der Waals surface area contributed by atoms with Crippen molar-refractivity contribution in [3.63, 3.8) is 0 Å². The molecule has 0 bridgehead atoms. The van der Waals surface area contributed by atoms with Gasteiger partial charge in [0.1, 0.15) is 16.9 Å². The summed E-state index contributed by atoms with van der Waals surface area (Å²) < 4.78 is 16.4. The summed E-state index contributed by atoms with van der Waals surface area (Å²) in [6.45, 7) is 6.77. The molecule has 0 saturated heterocycles.